The average Bonchev–Trinajstić information content (AvgIpc) is 2.52. The third kappa shape index (κ3) is 3.09. The van der Waals surface area contributed by atoms with Crippen molar-refractivity contribution < 1.29 is 10.2 Å². The van der Waals surface area contributed by atoms with Crippen LogP contribution >= 0.6 is 11.8 Å². The molecule has 1 unspecified atom stereocenters. The molecule has 0 saturated carbocycles. The highest BCUT2D eigenvalue weighted by Gasteiger charge is 2.08. The van der Waals surface area contributed by atoms with E-state index in [1.54, 1.807) is 0 Å². The lowest BCUT2D eigenvalue weighted by molar-refractivity contribution is 0.114. The maximum atomic E-state index is 8.96. The summed E-state index contributed by atoms with van der Waals surface area (Å²) in [6.45, 7) is 1.52. The topological polar surface area (TPSA) is 64.8 Å². The van der Waals surface area contributed by atoms with Crippen molar-refractivity contribution in [1.82, 2.24) is 5.32 Å². The van der Waals surface area contributed by atoms with Gasteiger partial charge in [-0.1, -0.05) is 11.8 Å². The van der Waals surface area contributed by atoms with Crippen molar-refractivity contribution in [2.75, 3.05) is 25.4 Å². The normalized spacial score (nSPS) is 19.3. The summed E-state index contributed by atoms with van der Waals surface area (Å²) >= 11 is 1.45. The first-order valence-electron chi connectivity index (χ1n) is 3.53. The monoisotopic (exact) mass is 176 g/mol. The van der Waals surface area contributed by atoms with Crippen LogP contribution in [0.3, 0.4) is 0 Å². The summed E-state index contributed by atoms with van der Waals surface area (Å²) < 4.78 is 0. The van der Waals surface area contributed by atoms with E-state index >= 15 is 0 Å². The van der Waals surface area contributed by atoms with Gasteiger partial charge in [0.25, 0.3) is 0 Å². The van der Waals surface area contributed by atoms with Crippen LogP contribution in [0.15, 0.2) is 4.99 Å². The number of rotatable bonds is 3. The molecular weight excluding hydrogens is 164 g/mol. The van der Waals surface area contributed by atoms with E-state index in [-0.39, 0.29) is 6.61 Å². The summed E-state index contributed by atoms with van der Waals surface area (Å²) in [5.74, 6) is 0.502. The molecule has 0 saturated heterocycles. The number of aliphatic hydroxyl groups is 2. The molecule has 4 nitrogen and oxygen atoms in total. The third-order valence-corrected chi connectivity index (χ3v) is 2.36. The molecule has 0 amide bonds. The zero-order valence-corrected chi connectivity index (χ0v) is 6.97. The number of aliphatic hydroxyl groups excluding tert-OH is 2. The molecule has 0 aromatic carbocycles. The maximum absolute atomic E-state index is 8.96. The molecular formula is C6H12N2O2S. The highest BCUT2D eigenvalue weighted by molar-refractivity contribution is 8.13. The molecule has 1 aliphatic rings. The number of hydrogen-bond acceptors (Lipinski definition) is 5. The van der Waals surface area contributed by atoms with Crippen LogP contribution < -0.4 is 5.32 Å². The SMILES string of the molecule is OCC(O)CSC1=NCCN1. The standard InChI is InChI=1S/C6H12N2O2S/c9-3-5(10)4-11-6-7-1-2-8-6/h5,9-10H,1-4H2,(H,7,8). The van der Waals surface area contributed by atoms with E-state index in [9.17, 15) is 0 Å². The smallest absolute Gasteiger partial charge is 0.156 e. The Kier molecular flexibility index (Phi) is 3.68. The Morgan fingerprint density at radius 1 is 1.73 bits per heavy atom. The first-order chi connectivity index (χ1) is 5.33. The Bertz CT molecular complexity index is 152. The minimum atomic E-state index is -0.634. The van der Waals surface area contributed by atoms with Gasteiger partial charge in [0.2, 0.25) is 0 Å². The van der Waals surface area contributed by atoms with Crippen molar-refractivity contribution in [3.63, 3.8) is 0 Å². The molecule has 0 spiro atoms. The average molecular weight is 176 g/mol. The molecule has 0 bridgehead atoms. The van der Waals surface area contributed by atoms with Gasteiger partial charge >= 0.3 is 0 Å². The Labute approximate surface area is 69.7 Å². The fraction of sp³-hybridized carbons (Fsp3) is 0.833. The van der Waals surface area contributed by atoms with Crippen LogP contribution in [0.25, 0.3) is 0 Å². The summed E-state index contributed by atoms with van der Waals surface area (Å²) in [6, 6.07) is 0. The van der Waals surface area contributed by atoms with Crippen molar-refractivity contribution >= 4 is 16.9 Å². The van der Waals surface area contributed by atoms with E-state index in [4.69, 9.17) is 10.2 Å². The largest absolute Gasteiger partial charge is 0.394 e. The molecule has 1 aliphatic heterocycles. The molecule has 5 heteroatoms. The van der Waals surface area contributed by atoms with E-state index in [1.807, 2.05) is 0 Å². The zero-order valence-electron chi connectivity index (χ0n) is 6.16. The van der Waals surface area contributed by atoms with Gasteiger partial charge in [-0.05, 0) is 0 Å². The summed E-state index contributed by atoms with van der Waals surface area (Å²) in [4.78, 5) is 4.12. The van der Waals surface area contributed by atoms with Crippen LogP contribution in [-0.4, -0.2) is 46.9 Å². The Balaban J connectivity index is 2.11. The van der Waals surface area contributed by atoms with Crippen LogP contribution in [0.5, 0.6) is 0 Å². The Morgan fingerprint density at radius 2 is 2.55 bits per heavy atom. The summed E-state index contributed by atoms with van der Waals surface area (Å²) in [5, 5.41) is 21.4. The Hall–Kier alpha value is -0.260. The maximum Gasteiger partial charge on any atom is 0.156 e. The van der Waals surface area contributed by atoms with E-state index in [0.29, 0.717) is 5.75 Å². The fourth-order valence-corrected chi connectivity index (χ4v) is 1.54. The molecule has 1 atom stereocenters. The number of thioether (sulfide) groups is 1. The highest BCUT2D eigenvalue weighted by atomic mass is 32.2. The van der Waals surface area contributed by atoms with Gasteiger partial charge in [-0.25, -0.2) is 0 Å². The molecule has 1 heterocycles. The van der Waals surface area contributed by atoms with Gasteiger partial charge in [0.1, 0.15) is 0 Å². The highest BCUT2D eigenvalue weighted by Crippen LogP contribution is 2.06. The third-order valence-electron chi connectivity index (χ3n) is 1.27. The number of hydrogen-bond donors (Lipinski definition) is 3. The lowest BCUT2D eigenvalue weighted by Gasteiger charge is -2.05. The van der Waals surface area contributed by atoms with Gasteiger partial charge in [0, 0.05) is 12.3 Å². The van der Waals surface area contributed by atoms with Crippen molar-refractivity contribution in [1.29, 1.82) is 0 Å². The summed E-state index contributed by atoms with van der Waals surface area (Å²) in [5.41, 5.74) is 0. The molecule has 64 valence electrons. The molecule has 3 N–H and O–H groups in total. The van der Waals surface area contributed by atoms with Crippen molar-refractivity contribution in [3.05, 3.63) is 0 Å². The second-order valence-electron chi connectivity index (χ2n) is 2.26. The molecule has 0 aromatic rings. The van der Waals surface area contributed by atoms with Crippen molar-refractivity contribution in [3.8, 4) is 0 Å². The molecule has 0 aliphatic carbocycles. The number of aliphatic imine (C=N–C) groups is 1. The van der Waals surface area contributed by atoms with E-state index in [1.165, 1.54) is 11.8 Å². The molecule has 11 heavy (non-hydrogen) atoms. The fourth-order valence-electron chi connectivity index (χ4n) is 0.701. The van der Waals surface area contributed by atoms with Gasteiger partial charge in [-0.15, -0.1) is 0 Å². The predicted molar refractivity (Wildman–Crippen MR) is 45.9 cm³/mol. The van der Waals surface area contributed by atoms with Gasteiger partial charge in [-0.3, -0.25) is 4.99 Å². The zero-order chi connectivity index (χ0) is 8.10. The minimum absolute atomic E-state index is 0.180. The van der Waals surface area contributed by atoms with Crippen LogP contribution in [0.4, 0.5) is 0 Å². The van der Waals surface area contributed by atoms with Crippen LogP contribution in [-0.2, 0) is 0 Å². The van der Waals surface area contributed by atoms with Crippen LogP contribution in [0, 0.1) is 0 Å². The van der Waals surface area contributed by atoms with Gasteiger partial charge < -0.3 is 15.5 Å². The molecule has 0 aromatic heterocycles. The molecule has 1 rings (SSSR count). The second kappa shape index (κ2) is 4.58. The van der Waals surface area contributed by atoms with E-state index in [2.05, 4.69) is 10.3 Å². The number of amidine groups is 1. The van der Waals surface area contributed by atoms with Gasteiger partial charge in [-0.2, -0.15) is 0 Å². The van der Waals surface area contributed by atoms with Gasteiger partial charge in [0.15, 0.2) is 5.17 Å². The number of nitrogens with zero attached hydrogens (tertiary/aromatic N) is 1. The van der Waals surface area contributed by atoms with Crippen molar-refractivity contribution in [2.45, 2.75) is 6.10 Å². The quantitative estimate of drug-likeness (QED) is 0.518. The van der Waals surface area contributed by atoms with Gasteiger partial charge in [0.05, 0.1) is 19.3 Å². The molecule has 0 fully saturated rings. The van der Waals surface area contributed by atoms with E-state index in [0.717, 1.165) is 18.3 Å². The second-order valence-corrected chi connectivity index (χ2v) is 3.27. The van der Waals surface area contributed by atoms with Crippen LogP contribution in [0.1, 0.15) is 0 Å². The molecule has 0 radical (unpaired) electrons. The minimum Gasteiger partial charge on any atom is -0.394 e. The lowest BCUT2D eigenvalue weighted by Crippen LogP contribution is -2.20. The van der Waals surface area contributed by atoms with E-state index < -0.39 is 6.10 Å². The number of nitrogens with one attached hydrogen (secondary N) is 1. The lowest BCUT2D eigenvalue weighted by atomic mass is 10.4. The van der Waals surface area contributed by atoms with Crippen molar-refractivity contribution in [2.24, 2.45) is 4.99 Å². The summed E-state index contributed by atoms with van der Waals surface area (Å²) in [6.07, 6.45) is -0.634. The first-order valence-corrected chi connectivity index (χ1v) is 4.51. The van der Waals surface area contributed by atoms with Crippen LogP contribution in [0.2, 0.25) is 0 Å². The predicted octanol–water partition coefficient (Wildman–Crippen LogP) is -0.968. The summed E-state index contributed by atoms with van der Waals surface area (Å²) in [7, 11) is 0. The Morgan fingerprint density at radius 3 is 3.09 bits per heavy atom. The first kappa shape index (κ1) is 8.83.